The number of benzene rings is 2. The third kappa shape index (κ3) is 2.95. The molecule has 6 nitrogen and oxygen atoms in total. The molecule has 1 fully saturated rings. The number of carbonyl (C=O) groups excluding carboxylic acids is 2. The second-order valence-electron chi connectivity index (χ2n) is 6.50. The van der Waals surface area contributed by atoms with Gasteiger partial charge in [-0.05, 0) is 23.3 Å². The van der Waals surface area contributed by atoms with Gasteiger partial charge in [-0.1, -0.05) is 42.5 Å². The zero-order valence-electron chi connectivity index (χ0n) is 14.0. The maximum atomic E-state index is 12.5. The zero-order valence-corrected chi connectivity index (χ0v) is 14.0. The molecule has 2 aromatic rings. The monoisotopic (exact) mass is 349 g/mol. The number of hydrogen-bond acceptors (Lipinski definition) is 4. The van der Waals surface area contributed by atoms with Crippen LogP contribution in [0.3, 0.4) is 0 Å². The number of nitrogens with one attached hydrogen (secondary N) is 3. The molecule has 4 rings (SSSR count). The Morgan fingerprint density at radius 2 is 1.69 bits per heavy atom. The molecular weight excluding hydrogens is 330 g/mol. The quantitative estimate of drug-likeness (QED) is 0.636. The summed E-state index contributed by atoms with van der Waals surface area (Å²) in [6.45, 7) is 1.13. The summed E-state index contributed by atoms with van der Waals surface area (Å²) in [5.41, 5.74) is 2.47. The Hall–Kier alpha value is -3.12. The van der Waals surface area contributed by atoms with Crippen molar-refractivity contribution in [1.29, 1.82) is 0 Å². The fourth-order valence-corrected chi connectivity index (χ4v) is 3.45. The van der Waals surface area contributed by atoms with Crippen molar-refractivity contribution in [3.63, 3.8) is 0 Å². The van der Waals surface area contributed by atoms with Gasteiger partial charge >= 0.3 is 0 Å². The summed E-state index contributed by atoms with van der Waals surface area (Å²) in [6.07, 6.45) is 0. The highest BCUT2D eigenvalue weighted by Gasteiger charge is 2.41. The third-order valence-electron chi connectivity index (χ3n) is 4.84. The lowest BCUT2D eigenvalue weighted by Gasteiger charge is -2.26. The van der Waals surface area contributed by atoms with Crippen LogP contribution in [0.25, 0.3) is 11.1 Å². The van der Waals surface area contributed by atoms with E-state index in [1.165, 1.54) is 0 Å². The van der Waals surface area contributed by atoms with Crippen molar-refractivity contribution in [2.75, 3.05) is 18.4 Å². The van der Waals surface area contributed by atoms with Crippen LogP contribution in [0.5, 0.6) is 0 Å². The molecule has 2 heterocycles. The van der Waals surface area contributed by atoms with E-state index in [0.29, 0.717) is 18.8 Å². The maximum absolute atomic E-state index is 12.5. The fourth-order valence-electron chi connectivity index (χ4n) is 3.45. The number of aliphatic hydroxyl groups is 1. The van der Waals surface area contributed by atoms with E-state index in [9.17, 15) is 14.7 Å². The molecule has 0 spiro atoms. The average Bonchev–Trinajstić information content (AvgIpc) is 3.12. The van der Waals surface area contributed by atoms with Crippen molar-refractivity contribution < 1.29 is 14.7 Å². The van der Waals surface area contributed by atoms with E-state index in [-0.39, 0.29) is 23.3 Å². The topological polar surface area (TPSA) is 90.5 Å². The molecular formula is C20H19N3O3. The second kappa shape index (κ2) is 6.65. The van der Waals surface area contributed by atoms with Crippen molar-refractivity contribution >= 4 is 17.5 Å². The normalized spacial score (nSPS) is 21.9. The van der Waals surface area contributed by atoms with Crippen LogP contribution in [0.4, 0.5) is 5.69 Å². The molecule has 2 unspecified atom stereocenters. The van der Waals surface area contributed by atoms with Gasteiger partial charge in [-0.2, -0.15) is 0 Å². The Balaban J connectivity index is 1.53. The van der Waals surface area contributed by atoms with E-state index in [1.54, 1.807) is 12.1 Å². The first-order valence-corrected chi connectivity index (χ1v) is 8.55. The van der Waals surface area contributed by atoms with Crippen LogP contribution in [0.15, 0.2) is 65.9 Å². The highest BCUT2D eigenvalue weighted by Crippen LogP contribution is 2.26. The molecule has 2 amide bonds. The van der Waals surface area contributed by atoms with Gasteiger partial charge in [0.1, 0.15) is 11.3 Å². The summed E-state index contributed by atoms with van der Waals surface area (Å²) >= 11 is 0. The SMILES string of the molecule is O=C(Nc1ccc(-c2ccccc2)cc1)C1=C(O)C2CNCC2NC1=O. The Morgan fingerprint density at radius 3 is 2.42 bits per heavy atom. The van der Waals surface area contributed by atoms with E-state index in [0.717, 1.165) is 11.1 Å². The molecule has 2 aliphatic heterocycles. The summed E-state index contributed by atoms with van der Waals surface area (Å²) in [5.74, 6) is -1.53. The minimum Gasteiger partial charge on any atom is -0.511 e. The van der Waals surface area contributed by atoms with Gasteiger partial charge < -0.3 is 21.1 Å². The number of fused-ring (bicyclic) bond motifs is 1. The van der Waals surface area contributed by atoms with Gasteiger partial charge in [0.15, 0.2) is 0 Å². The highest BCUT2D eigenvalue weighted by atomic mass is 16.3. The predicted octanol–water partition coefficient (Wildman–Crippen LogP) is 1.82. The van der Waals surface area contributed by atoms with Gasteiger partial charge in [0.2, 0.25) is 0 Å². The smallest absolute Gasteiger partial charge is 0.264 e. The van der Waals surface area contributed by atoms with Crippen molar-refractivity contribution in [3.05, 3.63) is 65.9 Å². The number of aliphatic hydroxyl groups excluding tert-OH is 1. The van der Waals surface area contributed by atoms with Gasteiger partial charge in [0.25, 0.3) is 11.8 Å². The number of anilines is 1. The van der Waals surface area contributed by atoms with E-state index < -0.39 is 11.8 Å². The van der Waals surface area contributed by atoms with E-state index >= 15 is 0 Å². The molecule has 2 atom stereocenters. The van der Waals surface area contributed by atoms with Crippen LogP contribution in [0.2, 0.25) is 0 Å². The minimum absolute atomic E-state index is 0.137. The van der Waals surface area contributed by atoms with Gasteiger partial charge in [0.05, 0.1) is 12.0 Å². The standard InChI is InChI=1S/C20H19N3O3/c24-18-15-10-21-11-16(15)23-20(26)17(18)19(25)22-14-8-6-13(7-9-14)12-4-2-1-3-5-12/h1-9,15-16,21,24H,10-11H2,(H,22,25)(H,23,26). The largest absolute Gasteiger partial charge is 0.511 e. The molecule has 0 radical (unpaired) electrons. The fraction of sp³-hybridized carbons (Fsp3) is 0.200. The average molecular weight is 349 g/mol. The van der Waals surface area contributed by atoms with Gasteiger partial charge in [-0.25, -0.2) is 0 Å². The van der Waals surface area contributed by atoms with Crippen LogP contribution < -0.4 is 16.0 Å². The predicted molar refractivity (Wildman–Crippen MR) is 98.5 cm³/mol. The Labute approximate surface area is 150 Å². The Morgan fingerprint density at radius 1 is 1.00 bits per heavy atom. The highest BCUT2D eigenvalue weighted by molar-refractivity contribution is 6.23. The van der Waals surface area contributed by atoms with Crippen molar-refractivity contribution in [1.82, 2.24) is 10.6 Å². The molecule has 4 N–H and O–H groups in total. The zero-order chi connectivity index (χ0) is 18.1. The number of rotatable bonds is 3. The molecule has 2 aliphatic rings. The summed E-state index contributed by atoms with van der Waals surface area (Å²) in [6, 6.07) is 17.1. The lowest BCUT2D eigenvalue weighted by atomic mass is 9.92. The van der Waals surface area contributed by atoms with Gasteiger partial charge in [0, 0.05) is 18.8 Å². The maximum Gasteiger partial charge on any atom is 0.264 e. The van der Waals surface area contributed by atoms with Crippen molar-refractivity contribution in [3.8, 4) is 11.1 Å². The van der Waals surface area contributed by atoms with E-state index in [1.807, 2.05) is 42.5 Å². The van der Waals surface area contributed by atoms with Crippen molar-refractivity contribution in [2.45, 2.75) is 6.04 Å². The molecule has 0 aromatic heterocycles. The van der Waals surface area contributed by atoms with E-state index in [4.69, 9.17) is 0 Å². The number of hydrogen-bond donors (Lipinski definition) is 4. The minimum atomic E-state index is -0.599. The number of amides is 2. The van der Waals surface area contributed by atoms with Crippen LogP contribution in [0, 0.1) is 5.92 Å². The summed E-state index contributed by atoms with van der Waals surface area (Å²) < 4.78 is 0. The van der Waals surface area contributed by atoms with Crippen LogP contribution in [0.1, 0.15) is 0 Å². The van der Waals surface area contributed by atoms with Crippen LogP contribution in [-0.2, 0) is 9.59 Å². The van der Waals surface area contributed by atoms with Crippen molar-refractivity contribution in [2.24, 2.45) is 5.92 Å². The number of carbonyl (C=O) groups is 2. The second-order valence-corrected chi connectivity index (χ2v) is 6.50. The van der Waals surface area contributed by atoms with Crippen LogP contribution >= 0.6 is 0 Å². The van der Waals surface area contributed by atoms with E-state index in [2.05, 4.69) is 16.0 Å². The van der Waals surface area contributed by atoms with Gasteiger partial charge in [-0.3, -0.25) is 9.59 Å². The molecule has 1 saturated heterocycles. The summed E-state index contributed by atoms with van der Waals surface area (Å²) in [5, 5.41) is 18.9. The van der Waals surface area contributed by atoms with Gasteiger partial charge in [-0.15, -0.1) is 0 Å². The third-order valence-corrected chi connectivity index (χ3v) is 4.84. The Bertz CT molecular complexity index is 875. The molecule has 26 heavy (non-hydrogen) atoms. The summed E-state index contributed by atoms with van der Waals surface area (Å²) in [4.78, 5) is 24.7. The van der Waals surface area contributed by atoms with Crippen LogP contribution in [-0.4, -0.2) is 36.1 Å². The first-order valence-electron chi connectivity index (χ1n) is 8.55. The first-order chi connectivity index (χ1) is 12.6. The lowest BCUT2D eigenvalue weighted by Crippen LogP contribution is -2.48. The molecule has 132 valence electrons. The molecule has 0 bridgehead atoms. The molecule has 2 aromatic carbocycles. The molecule has 0 aliphatic carbocycles. The lowest BCUT2D eigenvalue weighted by molar-refractivity contribution is -0.123. The summed E-state index contributed by atoms with van der Waals surface area (Å²) in [7, 11) is 0. The molecule has 0 saturated carbocycles. The Kier molecular flexibility index (Phi) is 4.18. The first kappa shape index (κ1) is 16.4. The molecule has 6 heteroatoms.